The number of benzene rings is 1. The fourth-order valence-corrected chi connectivity index (χ4v) is 1.34. The van der Waals surface area contributed by atoms with Crippen LogP contribution < -0.4 is 0 Å². The second-order valence-electron chi connectivity index (χ2n) is 2.78. The van der Waals surface area contributed by atoms with Gasteiger partial charge in [0.2, 0.25) is 0 Å². The lowest BCUT2D eigenvalue weighted by Gasteiger charge is -2.00. The van der Waals surface area contributed by atoms with E-state index in [2.05, 4.69) is 0 Å². The summed E-state index contributed by atoms with van der Waals surface area (Å²) in [5, 5.41) is 8.56. The maximum Gasteiger partial charge on any atom is 0.152 e. The molecule has 1 rings (SSSR count). The molecule has 0 radical (unpaired) electrons. The summed E-state index contributed by atoms with van der Waals surface area (Å²) in [6.07, 6.45) is 2.21. The normalized spacial score (nSPS) is 12.0. The first kappa shape index (κ1) is 10.9. The highest BCUT2D eigenvalue weighted by Gasteiger charge is 1.95. The molecule has 0 aliphatic carbocycles. The average molecular weight is 209 g/mol. The Morgan fingerprint density at radius 1 is 1.43 bits per heavy atom. The molecule has 0 spiro atoms. The standard InChI is InChI=1S/C10H11NO2S/c1-14(12)13-7-6-9-2-4-10(8-11)5-3-9/h2-5H,6-7H2,1H3. The second kappa shape index (κ2) is 5.53. The molecule has 0 amide bonds. The van der Waals surface area contributed by atoms with E-state index in [0.717, 1.165) is 5.56 Å². The molecule has 0 aromatic heterocycles. The fourth-order valence-electron chi connectivity index (χ4n) is 1.02. The van der Waals surface area contributed by atoms with E-state index in [4.69, 9.17) is 9.44 Å². The van der Waals surface area contributed by atoms with Gasteiger partial charge < -0.3 is 0 Å². The van der Waals surface area contributed by atoms with Crippen molar-refractivity contribution >= 4 is 11.1 Å². The lowest BCUT2D eigenvalue weighted by Crippen LogP contribution is -2.00. The van der Waals surface area contributed by atoms with Crippen LogP contribution in [0.3, 0.4) is 0 Å². The maximum absolute atomic E-state index is 10.6. The largest absolute Gasteiger partial charge is 0.290 e. The summed E-state index contributed by atoms with van der Waals surface area (Å²) >= 11 is -1.20. The minimum atomic E-state index is -1.20. The molecule has 1 aromatic rings. The molecule has 0 aliphatic rings. The Hall–Kier alpha value is -1.18. The van der Waals surface area contributed by atoms with Crippen LogP contribution in [0.1, 0.15) is 11.1 Å². The van der Waals surface area contributed by atoms with Gasteiger partial charge in [-0.15, -0.1) is 0 Å². The fraction of sp³-hybridized carbons (Fsp3) is 0.300. The van der Waals surface area contributed by atoms with E-state index in [-0.39, 0.29) is 0 Å². The molecule has 14 heavy (non-hydrogen) atoms. The van der Waals surface area contributed by atoms with Gasteiger partial charge in [0.1, 0.15) is 0 Å². The molecule has 0 aliphatic heterocycles. The number of hydrogen-bond donors (Lipinski definition) is 0. The highest BCUT2D eigenvalue weighted by molar-refractivity contribution is 7.79. The van der Waals surface area contributed by atoms with E-state index in [1.807, 2.05) is 18.2 Å². The molecular formula is C10H11NO2S. The molecule has 3 nitrogen and oxygen atoms in total. The SMILES string of the molecule is CS(=O)OCCc1ccc(C#N)cc1. The van der Waals surface area contributed by atoms with Gasteiger partial charge >= 0.3 is 0 Å². The molecule has 0 saturated heterocycles. The summed E-state index contributed by atoms with van der Waals surface area (Å²) in [6.45, 7) is 0.439. The lowest BCUT2D eigenvalue weighted by atomic mass is 10.1. The Kier molecular flexibility index (Phi) is 4.30. The molecule has 0 N–H and O–H groups in total. The van der Waals surface area contributed by atoms with Gasteiger partial charge in [0.25, 0.3) is 0 Å². The molecule has 0 bridgehead atoms. The molecule has 0 saturated carbocycles. The van der Waals surface area contributed by atoms with Crippen LogP contribution in [0, 0.1) is 11.3 Å². The molecule has 0 heterocycles. The smallest absolute Gasteiger partial charge is 0.152 e. The summed E-state index contributed by atoms with van der Waals surface area (Å²) in [6, 6.07) is 9.32. The zero-order valence-corrected chi connectivity index (χ0v) is 8.71. The maximum atomic E-state index is 10.6. The molecule has 1 atom stereocenters. The van der Waals surface area contributed by atoms with Crippen molar-refractivity contribution in [1.29, 1.82) is 5.26 Å². The van der Waals surface area contributed by atoms with Crippen molar-refractivity contribution in [3.8, 4) is 6.07 Å². The predicted octanol–water partition coefficient (Wildman–Crippen LogP) is 1.41. The molecule has 0 fully saturated rings. The van der Waals surface area contributed by atoms with E-state index in [9.17, 15) is 4.21 Å². The van der Waals surface area contributed by atoms with Crippen molar-refractivity contribution in [2.24, 2.45) is 0 Å². The quantitative estimate of drug-likeness (QED) is 0.753. The van der Waals surface area contributed by atoms with Crippen LogP contribution in [0.15, 0.2) is 24.3 Å². The molecule has 1 aromatic carbocycles. The van der Waals surface area contributed by atoms with E-state index in [1.165, 1.54) is 6.26 Å². The van der Waals surface area contributed by atoms with Crippen LogP contribution in [-0.4, -0.2) is 17.1 Å². The van der Waals surface area contributed by atoms with Crippen molar-refractivity contribution in [3.05, 3.63) is 35.4 Å². The number of nitriles is 1. The molecule has 74 valence electrons. The Balaban J connectivity index is 2.45. The molecule has 4 heteroatoms. The van der Waals surface area contributed by atoms with Gasteiger partial charge in [-0.25, -0.2) is 4.21 Å². The van der Waals surface area contributed by atoms with Crippen LogP contribution in [0.2, 0.25) is 0 Å². The second-order valence-corrected chi connectivity index (χ2v) is 3.82. The minimum absolute atomic E-state index is 0.439. The van der Waals surface area contributed by atoms with Crippen molar-refractivity contribution in [2.45, 2.75) is 6.42 Å². The first-order valence-corrected chi connectivity index (χ1v) is 5.66. The van der Waals surface area contributed by atoms with E-state index >= 15 is 0 Å². The Morgan fingerprint density at radius 3 is 2.57 bits per heavy atom. The summed E-state index contributed by atoms with van der Waals surface area (Å²) in [5.74, 6) is 0. The first-order valence-electron chi connectivity index (χ1n) is 4.18. The van der Waals surface area contributed by atoms with Crippen LogP contribution in [0.4, 0.5) is 0 Å². The first-order chi connectivity index (χ1) is 6.72. The Bertz CT molecular complexity index is 353. The molecule has 1 unspecified atom stereocenters. The monoisotopic (exact) mass is 209 g/mol. The van der Waals surface area contributed by atoms with Gasteiger partial charge in [-0.05, 0) is 24.1 Å². The third-order valence-corrected chi connectivity index (χ3v) is 2.22. The Morgan fingerprint density at radius 2 is 2.07 bits per heavy atom. The van der Waals surface area contributed by atoms with Crippen LogP contribution in [0.25, 0.3) is 0 Å². The highest BCUT2D eigenvalue weighted by atomic mass is 32.2. The minimum Gasteiger partial charge on any atom is -0.290 e. The summed E-state index contributed by atoms with van der Waals surface area (Å²) in [4.78, 5) is 0. The van der Waals surface area contributed by atoms with Crippen LogP contribution in [-0.2, 0) is 21.7 Å². The third-order valence-electron chi connectivity index (χ3n) is 1.72. The van der Waals surface area contributed by atoms with Crippen molar-refractivity contribution < 1.29 is 8.39 Å². The number of rotatable bonds is 4. The van der Waals surface area contributed by atoms with Gasteiger partial charge in [-0.1, -0.05) is 12.1 Å². The van der Waals surface area contributed by atoms with Gasteiger partial charge in [0.15, 0.2) is 11.1 Å². The van der Waals surface area contributed by atoms with Crippen molar-refractivity contribution in [1.82, 2.24) is 0 Å². The van der Waals surface area contributed by atoms with Crippen LogP contribution >= 0.6 is 0 Å². The van der Waals surface area contributed by atoms with Crippen LogP contribution in [0.5, 0.6) is 0 Å². The van der Waals surface area contributed by atoms with E-state index in [0.29, 0.717) is 18.6 Å². The Labute approximate surface area is 86.0 Å². The van der Waals surface area contributed by atoms with Crippen molar-refractivity contribution in [2.75, 3.05) is 12.9 Å². The number of hydrogen-bond acceptors (Lipinski definition) is 3. The zero-order valence-electron chi connectivity index (χ0n) is 7.90. The predicted molar refractivity (Wildman–Crippen MR) is 54.9 cm³/mol. The molecular weight excluding hydrogens is 198 g/mol. The van der Waals surface area contributed by atoms with Gasteiger partial charge in [-0.3, -0.25) is 4.18 Å². The average Bonchev–Trinajstić information content (AvgIpc) is 2.18. The summed E-state index contributed by atoms with van der Waals surface area (Å²) in [5.41, 5.74) is 1.73. The summed E-state index contributed by atoms with van der Waals surface area (Å²) in [7, 11) is 0. The van der Waals surface area contributed by atoms with Gasteiger partial charge in [0.05, 0.1) is 18.2 Å². The lowest BCUT2D eigenvalue weighted by molar-refractivity contribution is 0.355. The van der Waals surface area contributed by atoms with Gasteiger partial charge in [-0.2, -0.15) is 5.26 Å². The summed E-state index contributed by atoms with van der Waals surface area (Å²) < 4.78 is 15.5. The van der Waals surface area contributed by atoms with E-state index in [1.54, 1.807) is 12.1 Å². The third kappa shape index (κ3) is 3.69. The zero-order chi connectivity index (χ0) is 10.4. The van der Waals surface area contributed by atoms with Crippen molar-refractivity contribution in [3.63, 3.8) is 0 Å². The number of nitrogens with zero attached hydrogens (tertiary/aromatic N) is 1. The van der Waals surface area contributed by atoms with E-state index < -0.39 is 11.1 Å². The van der Waals surface area contributed by atoms with Gasteiger partial charge in [0, 0.05) is 6.26 Å². The highest BCUT2D eigenvalue weighted by Crippen LogP contribution is 2.04. The topological polar surface area (TPSA) is 50.1 Å².